The van der Waals surface area contributed by atoms with Crippen molar-refractivity contribution in [2.45, 2.75) is 0 Å². The Bertz CT molecular complexity index is 37.1. The SMILES string of the molecule is [Br][Ir-2]([Br])([Br])([Br])[Br]. The molecular formula is Br5Ir-2. The van der Waals surface area contributed by atoms with E-state index in [4.69, 9.17) is 0 Å². The van der Waals surface area contributed by atoms with Gasteiger partial charge in [-0.2, -0.15) is 0 Å². The maximum absolute atomic E-state index is 3.34. The van der Waals surface area contributed by atoms with Gasteiger partial charge in [0.25, 0.3) is 0 Å². The molecule has 6 heteroatoms. The van der Waals surface area contributed by atoms with Crippen LogP contribution in [0.15, 0.2) is 0 Å². The van der Waals surface area contributed by atoms with Crippen molar-refractivity contribution in [1.82, 2.24) is 0 Å². The molecule has 0 fully saturated rings. The van der Waals surface area contributed by atoms with Crippen LogP contribution in [0.3, 0.4) is 0 Å². The van der Waals surface area contributed by atoms with Crippen molar-refractivity contribution in [1.29, 1.82) is 0 Å². The molecule has 0 aliphatic rings. The van der Waals surface area contributed by atoms with Crippen LogP contribution in [0.25, 0.3) is 0 Å². The number of hydrogen-bond donors (Lipinski definition) is 0. The molecule has 0 radical (unpaired) electrons. The number of hydrogen-bond acceptors (Lipinski definition) is 0. The topological polar surface area (TPSA) is 0 Å². The van der Waals surface area contributed by atoms with Crippen LogP contribution in [0.4, 0.5) is 0 Å². The van der Waals surface area contributed by atoms with Gasteiger partial charge in [0.15, 0.2) is 0 Å². The Labute approximate surface area is 70.0 Å². The van der Waals surface area contributed by atoms with Gasteiger partial charge in [-0.3, -0.25) is 0 Å². The predicted octanol–water partition coefficient (Wildman–Crippen LogP) is 4.23. The number of halogens is 5. The molecule has 0 aromatic carbocycles. The minimum atomic E-state index is -2.54. The third kappa shape index (κ3) is 27.7. The first-order chi connectivity index (χ1) is 2.24. The Morgan fingerprint density at radius 1 is 0.667 bits per heavy atom. The molecule has 0 aromatic heterocycles. The van der Waals surface area contributed by atoms with Gasteiger partial charge < -0.3 is 0 Å². The molecule has 0 rings (SSSR count). The molecule has 0 amide bonds. The monoisotopic (exact) mass is 588 g/mol. The Hall–Kier alpha value is 3.05. The van der Waals surface area contributed by atoms with Crippen LogP contribution in [0, 0.1) is 0 Å². The van der Waals surface area contributed by atoms with Crippen molar-refractivity contribution in [3.8, 4) is 0 Å². The third-order valence-electron chi connectivity index (χ3n) is 0. The van der Waals surface area contributed by atoms with Gasteiger partial charge in [-0.05, 0) is 0 Å². The van der Waals surface area contributed by atoms with Crippen LogP contribution in [0.2, 0.25) is 0 Å². The molecule has 0 aromatic rings. The summed E-state index contributed by atoms with van der Waals surface area (Å²) in [5.41, 5.74) is 0. The molecule has 0 nitrogen and oxygen atoms in total. The normalized spacial score (nSPS) is 19.2. The van der Waals surface area contributed by atoms with E-state index in [-0.39, 0.29) is 0 Å². The van der Waals surface area contributed by atoms with Gasteiger partial charge in [0, 0.05) is 0 Å². The van der Waals surface area contributed by atoms with Gasteiger partial charge in [0.1, 0.15) is 0 Å². The van der Waals surface area contributed by atoms with E-state index in [0.717, 1.165) is 0 Å². The molecular weight excluding hydrogens is 592 g/mol. The van der Waals surface area contributed by atoms with Crippen molar-refractivity contribution in [3.05, 3.63) is 0 Å². The minimum absolute atomic E-state index is 2.54. The fourth-order valence-corrected chi connectivity index (χ4v) is 0. The van der Waals surface area contributed by atoms with Crippen LogP contribution in [-0.2, 0) is 4.09 Å². The van der Waals surface area contributed by atoms with E-state index in [2.05, 4.69) is 67.5 Å². The second kappa shape index (κ2) is 2.35. The van der Waals surface area contributed by atoms with Crippen molar-refractivity contribution in [2.75, 3.05) is 0 Å². The average molecular weight is 592 g/mol. The summed E-state index contributed by atoms with van der Waals surface area (Å²) in [5.74, 6) is 0. The maximum atomic E-state index is 3.34. The van der Waals surface area contributed by atoms with E-state index in [1.165, 1.54) is 0 Å². The van der Waals surface area contributed by atoms with Gasteiger partial charge >= 0.3 is 71.6 Å². The van der Waals surface area contributed by atoms with E-state index in [9.17, 15) is 0 Å². The molecule has 0 N–H and O–H groups in total. The molecule has 0 saturated carbocycles. The van der Waals surface area contributed by atoms with Crippen molar-refractivity contribution < 1.29 is 4.09 Å². The van der Waals surface area contributed by atoms with Crippen LogP contribution >= 0.6 is 67.5 Å². The Morgan fingerprint density at radius 3 is 0.667 bits per heavy atom. The second-order valence-corrected chi connectivity index (χ2v) is 105. The van der Waals surface area contributed by atoms with E-state index >= 15 is 0 Å². The zero-order valence-electron chi connectivity index (χ0n) is 2.22. The van der Waals surface area contributed by atoms with E-state index in [0.29, 0.717) is 0 Å². The van der Waals surface area contributed by atoms with Crippen molar-refractivity contribution >= 4 is 67.5 Å². The molecule has 0 atom stereocenters. The Morgan fingerprint density at radius 2 is 0.667 bits per heavy atom. The molecule has 0 aliphatic heterocycles. The predicted molar refractivity (Wildman–Crippen MR) is 44.6 cm³/mol. The van der Waals surface area contributed by atoms with Crippen LogP contribution in [0.5, 0.6) is 0 Å². The Kier molecular flexibility index (Phi) is 3.54. The first kappa shape index (κ1) is 9.05. The van der Waals surface area contributed by atoms with Crippen molar-refractivity contribution in [2.24, 2.45) is 0 Å². The van der Waals surface area contributed by atoms with Gasteiger partial charge in [-0.25, -0.2) is 0 Å². The molecule has 0 aliphatic carbocycles. The summed E-state index contributed by atoms with van der Waals surface area (Å²) in [4.78, 5) is 0. The Balaban J connectivity index is 3.73. The molecule has 0 spiro atoms. The molecule has 46 valence electrons. The van der Waals surface area contributed by atoms with Crippen LogP contribution in [-0.4, -0.2) is 0 Å². The fourth-order valence-electron chi connectivity index (χ4n) is 0. The van der Waals surface area contributed by atoms with Gasteiger partial charge in [-0.1, -0.05) is 0 Å². The summed E-state index contributed by atoms with van der Waals surface area (Å²) in [5, 5.41) is 0. The number of rotatable bonds is 0. The molecule has 6 heavy (non-hydrogen) atoms. The van der Waals surface area contributed by atoms with Gasteiger partial charge in [-0.15, -0.1) is 0 Å². The van der Waals surface area contributed by atoms with E-state index in [1.807, 2.05) is 0 Å². The second-order valence-electron chi connectivity index (χ2n) is 0.476. The van der Waals surface area contributed by atoms with E-state index in [1.54, 1.807) is 0 Å². The zero-order chi connectivity index (χ0) is 5.45. The standard InChI is InChI=1S/5BrH.Ir/h5*1H;/q;;;;;+3/p-5. The molecule has 0 unspecified atom stereocenters. The average Bonchev–Trinajstić information content (AvgIpc) is 0.650. The van der Waals surface area contributed by atoms with E-state index < -0.39 is 4.09 Å². The van der Waals surface area contributed by atoms with Crippen molar-refractivity contribution in [3.63, 3.8) is 0 Å². The fraction of sp³-hybridized carbons (Fsp3) is 0. The first-order valence-electron chi connectivity index (χ1n) is 0.630. The van der Waals surface area contributed by atoms with Crippen LogP contribution in [0.1, 0.15) is 0 Å². The summed E-state index contributed by atoms with van der Waals surface area (Å²) >= 11 is 16.7. The zero-order valence-corrected chi connectivity index (χ0v) is 12.5. The molecule has 0 heterocycles. The summed E-state index contributed by atoms with van der Waals surface area (Å²) < 4.78 is -2.54. The first-order valence-corrected chi connectivity index (χ1v) is 26.8. The summed E-state index contributed by atoms with van der Waals surface area (Å²) in [6, 6.07) is 0. The summed E-state index contributed by atoms with van der Waals surface area (Å²) in [6.07, 6.45) is 0. The summed E-state index contributed by atoms with van der Waals surface area (Å²) in [6.45, 7) is 0. The summed E-state index contributed by atoms with van der Waals surface area (Å²) in [7, 11) is 0. The van der Waals surface area contributed by atoms with Gasteiger partial charge in [0.05, 0.1) is 0 Å². The molecule has 0 bridgehead atoms. The van der Waals surface area contributed by atoms with Gasteiger partial charge in [0.2, 0.25) is 0 Å². The molecule has 0 saturated heterocycles. The van der Waals surface area contributed by atoms with Crippen LogP contribution < -0.4 is 0 Å². The third-order valence-corrected chi connectivity index (χ3v) is 0. The quantitative estimate of drug-likeness (QED) is 0.396.